The number of hydrogen-bond donors (Lipinski definition) is 2. The zero-order valence-electron chi connectivity index (χ0n) is 13.5. The number of carbonyl (C=O) groups excluding carboxylic acids is 2. The van der Waals surface area contributed by atoms with Gasteiger partial charge in [-0.1, -0.05) is 38.5 Å². The minimum atomic E-state index is -0.660. The van der Waals surface area contributed by atoms with Crippen molar-refractivity contribution in [1.82, 2.24) is 10.6 Å². The molecule has 1 aromatic carbocycles. The molecule has 0 aromatic heterocycles. The summed E-state index contributed by atoms with van der Waals surface area (Å²) < 4.78 is 9.96. The number of urea groups is 1. The van der Waals surface area contributed by atoms with Crippen LogP contribution in [0.3, 0.4) is 0 Å². The first-order chi connectivity index (χ1) is 10.5. The van der Waals surface area contributed by atoms with Crippen molar-refractivity contribution in [2.75, 3.05) is 14.2 Å². The molecule has 6 heteroatoms. The van der Waals surface area contributed by atoms with Crippen molar-refractivity contribution in [2.45, 2.75) is 32.9 Å². The molecule has 0 radical (unpaired) electrons. The zero-order chi connectivity index (χ0) is 16.5. The van der Waals surface area contributed by atoms with Gasteiger partial charge in [0.05, 0.1) is 14.2 Å². The molecular formula is C16H24N2O4. The van der Waals surface area contributed by atoms with Gasteiger partial charge in [0.15, 0.2) is 0 Å². The molecule has 1 rings (SSSR count). The van der Waals surface area contributed by atoms with Gasteiger partial charge in [-0.25, -0.2) is 9.59 Å². The molecule has 0 aliphatic heterocycles. The quantitative estimate of drug-likeness (QED) is 0.756. The third kappa shape index (κ3) is 4.95. The summed E-state index contributed by atoms with van der Waals surface area (Å²) in [6.07, 6.45) is 0.757. The summed E-state index contributed by atoms with van der Waals surface area (Å²) in [5.74, 6) is 0.250. The molecule has 2 amide bonds. The van der Waals surface area contributed by atoms with Crippen LogP contribution in [0, 0.1) is 5.92 Å². The highest BCUT2D eigenvalue weighted by Crippen LogP contribution is 2.16. The Morgan fingerprint density at radius 2 is 1.91 bits per heavy atom. The normalized spacial score (nSPS) is 12.9. The summed E-state index contributed by atoms with van der Waals surface area (Å²) in [5.41, 5.74) is 0.860. The number of ether oxygens (including phenoxy) is 2. The molecule has 22 heavy (non-hydrogen) atoms. The monoisotopic (exact) mass is 308 g/mol. The predicted molar refractivity (Wildman–Crippen MR) is 83.6 cm³/mol. The second kappa shape index (κ2) is 8.92. The van der Waals surface area contributed by atoms with Crippen LogP contribution in [0.2, 0.25) is 0 Å². The maximum Gasteiger partial charge on any atom is 0.328 e. The number of amides is 2. The van der Waals surface area contributed by atoms with Crippen LogP contribution >= 0.6 is 0 Å². The summed E-state index contributed by atoms with van der Waals surface area (Å²) in [6, 6.07) is 6.35. The SMILES string of the molecule is CC[C@H](C)[C@@H](NC(=O)NCc1ccccc1OC)C(=O)OC. The third-order valence-electron chi connectivity index (χ3n) is 3.59. The van der Waals surface area contributed by atoms with E-state index in [0.29, 0.717) is 12.3 Å². The number of benzene rings is 1. The van der Waals surface area contributed by atoms with Gasteiger partial charge in [-0.15, -0.1) is 0 Å². The van der Waals surface area contributed by atoms with Gasteiger partial charge in [0, 0.05) is 12.1 Å². The number of nitrogens with one attached hydrogen (secondary N) is 2. The summed E-state index contributed by atoms with van der Waals surface area (Å²) in [7, 11) is 2.89. The number of methoxy groups -OCH3 is 2. The topological polar surface area (TPSA) is 76.7 Å². The summed E-state index contributed by atoms with van der Waals surface area (Å²) in [5, 5.41) is 5.38. The van der Waals surface area contributed by atoms with Crippen LogP contribution in [-0.4, -0.2) is 32.3 Å². The van der Waals surface area contributed by atoms with E-state index in [9.17, 15) is 9.59 Å². The second-order valence-electron chi connectivity index (χ2n) is 5.03. The van der Waals surface area contributed by atoms with Crippen LogP contribution in [0.1, 0.15) is 25.8 Å². The lowest BCUT2D eigenvalue weighted by Gasteiger charge is -2.22. The standard InChI is InChI=1S/C16H24N2O4/c1-5-11(2)14(15(19)22-4)18-16(20)17-10-12-8-6-7-9-13(12)21-3/h6-9,11,14H,5,10H2,1-4H3,(H2,17,18,20)/t11-,14+/m0/s1. The van der Waals surface area contributed by atoms with E-state index in [2.05, 4.69) is 10.6 Å². The fourth-order valence-electron chi connectivity index (χ4n) is 2.01. The van der Waals surface area contributed by atoms with Crippen molar-refractivity contribution in [3.63, 3.8) is 0 Å². The minimum absolute atomic E-state index is 0.00976. The molecule has 122 valence electrons. The minimum Gasteiger partial charge on any atom is -0.496 e. The smallest absolute Gasteiger partial charge is 0.328 e. The summed E-state index contributed by atoms with van der Waals surface area (Å²) in [6.45, 7) is 4.15. The second-order valence-corrected chi connectivity index (χ2v) is 5.03. The number of para-hydroxylation sites is 1. The molecule has 0 aliphatic rings. The van der Waals surface area contributed by atoms with Crippen molar-refractivity contribution < 1.29 is 19.1 Å². The van der Waals surface area contributed by atoms with Gasteiger partial charge >= 0.3 is 12.0 Å². The Hall–Kier alpha value is -2.24. The lowest BCUT2D eigenvalue weighted by atomic mass is 9.99. The molecule has 0 saturated heterocycles. The Labute approximate surface area is 131 Å². The van der Waals surface area contributed by atoms with Gasteiger partial charge in [0.1, 0.15) is 11.8 Å². The van der Waals surface area contributed by atoms with Crippen molar-refractivity contribution in [2.24, 2.45) is 5.92 Å². The van der Waals surface area contributed by atoms with Gasteiger partial charge in [-0.2, -0.15) is 0 Å². The average molecular weight is 308 g/mol. The third-order valence-corrected chi connectivity index (χ3v) is 3.59. The van der Waals surface area contributed by atoms with Gasteiger partial charge in [-0.3, -0.25) is 0 Å². The number of rotatable bonds is 7. The highest BCUT2D eigenvalue weighted by atomic mass is 16.5. The molecule has 0 heterocycles. The van der Waals surface area contributed by atoms with E-state index in [1.807, 2.05) is 38.1 Å². The van der Waals surface area contributed by atoms with E-state index in [-0.39, 0.29) is 5.92 Å². The molecular weight excluding hydrogens is 284 g/mol. The van der Waals surface area contributed by atoms with E-state index < -0.39 is 18.0 Å². The number of carbonyl (C=O) groups is 2. The van der Waals surface area contributed by atoms with Crippen molar-refractivity contribution in [3.8, 4) is 5.75 Å². The van der Waals surface area contributed by atoms with E-state index in [1.54, 1.807) is 7.11 Å². The van der Waals surface area contributed by atoms with E-state index in [4.69, 9.17) is 9.47 Å². The van der Waals surface area contributed by atoms with Crippen LogP contribution in [0.4, 0.5) is 4.79 Å². The molecule has 6 nitrogen and oxygen atoms in total. The van der Waals surface area contributed by atoms with Crippen molar-refractivity contribution >= 4 is 12.0 Å². The zero-order valence-corrected chi connectivity index (χ0v) is 13.5. The Balaban J connectivity index is 2.62. The van der Waals surface area contributed by atoms with Crippen LogP contribution in [0.25, 0.3) is 0 Å². The van der Waals surface area contributed by atoms with Crippen LogP contribution in [-0.2, 0) is 16.1 Å². The Kier molecular flexibility index (Phi) is 7.22. The number of hydrogen-bond acceptors (Lipinski definition) is 4. The molecule has 0 saturated carbocycles. The maximum absolute atomic E-state index is 12.0. The molecule has 0 spiro atoms. The van der Waals surface area contributed by atoms with Gasteiger partial charge in [0.2, 0.25) is 0 Å². The first kappa shape index (κ1) is 17.8. The van der Waals surface area contributed by atoms with E-state index in [1.165, 1.54) is 7.11 Å². The van der Waals surface area contributed by atoms with Crippen LogP contribution in [0.15, 0.2) is 24.3 Å². The van der Waals surface area contributed by atoms with E-state index >= 15 is 0 Å². The first-order valence-corrected chi connectivity index (χ1v) is 7.27. The fourth-order valence-corrected chi connectivity index (χ4v) is 2.01. The highest BCUT2D eigenvalue weighted by molar-refractivity contribution is 5.83. The summed E-state index contributed by atoms with van der Waals surface area (Å²) >= 11 is 0. The Morgan fingerprint density at radius 3 is 2.50 bits per heavy atom. The maximum atomic E-state index is 12.0. The van der Waals surface area contributed by atoms with Crippen LogP contribution in [0.5, 0.6) is 5.75 Å². The highest BCUT2D eigenvalue weighted by Gasteiger charge is 2.26. The lowest BCUT2D eigenvalue weighted by molar-refractivity contribution is -0.144. The Morgan fingerprint density at radius 1 is 1.23 bits per heavy atom. The molecule has 2 atom stereocenters. The number of esters is 1. The first-order valence-electron chi connectivity index (χ1n) is 7.27. The largest absolute Gasteiger partial charge is 0.496 e. The van der Waals surface area contributed by atoms with Gasteiger partial charge in [0.25, 0.3) is 0 Å². The summed E-state index contributed by atoms with van der Waals surface area (Å²) in [4.78, 5) is 23.7. The van der Waals surface area contributed by atoms with Crippen LogP contribution < -0.4 is 15.4 Å². The van der Waals surface area contributed by atoms with Gasteiger partial charge in [-0.05, 0) is 12.0 Å². The molecule has 0 aliphatic carbocycles. The fraction of sp³-hybridized carbons (Fsp3) is 0.500. The van der Waals surface area contributed by atoms with E-state index in [0.717, 1.165) is 12.0 Å². The Bertz CT molecular complexity index is 505. The molecule has 0 fully saturated rings. The predicted octanol–water partition coefficient (Wildman–Crippen LogP) is 2.08. The van der Waals surface area contributed by atoms with Crippen molar-refractivity contribution in [3.05, 3.63) is 29.8 Å². The molecule has 1 aromatic rings. The molecule has 0 bridgehead atoms. The molecule has 0 unspecified atom stereocenters. The van der Waals surface area contributed by atoms with Crippen molar-refractivity contribution in [1.29, 1.82) is 0 Å². The lowest BCUT2D eigenvalue weighted by Crippen LogP contribution is -2.49. The van der Waals surface area contributed by atoms with Gasteiger partial charge < -0.3 is 20.1 Å². The average Bonchev–Trinajstić information content (AvgIpc) is 2.56. The molecule has 2 N–H and O–H groups in total.